The summed E-state index contributed by atoms with van der Waals surface area (Å²) in [5, 5.41) is 0. The van der Waals surface area contributed by atoms with Crippen molar-refractivity contribution in [1.82, 2.24) is 0 Å². The molecule has 0 spiro atoms. The molecule has 2 N–H and O–H groups in total. The van der Waals surface area contributed by atoms with E-state index in [4.69, 9.17) is 34.9 Å². The van der Waals surface area contributed by atoms with E-state index in [2.05, 4.69) is 0 Å². The second-order valence-electron chi connectivity index (χ2n) is 3.35. The van der Waals surface area contributed by atoms with Crippen LogP contribution in [0.4, 0.5) is 0 Å². The molecular formula is C9H11Cl3CrNO. The first-order chi connectivity index (χ1) is 6.60. The van der Waals surface area contributed by atoms with E-state index in [1.54, 1.807) is 26.0 Å². The van der Waals surface area contributed by atoms with E-state index in [0.717, 1.165) is 11.1 Å². The van der Waals surface area contributed by atoms with E-state index < -0.39 is 14.1 Å². The fourth-order valence-corrected chi connectivity index (χ4v) is 3.31. The number of aryl methyl sites for hydroxylation is 2. The molecular weight excluding hydrogens is 296 g/mol. The molecule has 0 atom stereocenters. The molecule has 0 radical (unpaired) electrons. The molecule has 2 nitrogen and oxygen atoms in total. The van der Waals surface area contributed by atoms with Crippen molar-refractivity contribution in [3.05, 3.63) is 34.9 Å². The van der Waals surface area contributed by atoms with Crippen molar-refractivity contribution in [2.45, 2.75) is 13.8 Å². The first-order valence-corrected chi connectivity index (χ1v) is 10.7. The van der Waals surface area contributed by atoms with Gasteiger partial charge in [-0.2, -0.15) is 0 Å². The molecule has 15 heavy (non-hydrogen) atoms. The zero-order chi connectivity index (χ0) is 11.9. The molecule has 0 aliphatic rings. The van der Waals surface area contributed by atoms with Gasteiger partial charge in [-0.1, -0.05) is 0 Å². The van der Waals surface area contributed by atoms with Gasteiger partial charge in [-0.25, -0.2) is 0 Å². The van der Waals surface area contributed by atoms with Crippen LogP contribution in [0.2, 0.25) is 0 Å². The van der Waals surface area contributed by atoms with Crippen molar-refractivity contribution in [1.29, 1.82) is 0 Å². The summed E-state index contributed by atoms with van der Waals surface area (Å²) in [7, 11) is 12.6. The topological polar surface area (TPSA) is 43.1 Å². The van der Waals surface area contributed by atoms with E-state index >= 15 is 0 Å². The van der Waals surface area contributed by atoms with Crippen LogP contribution < -0.4 is 4.72 Å². The standard InChI is InChI=1S/C9H9O.3ClH.Cr.H2N/c1-7-4-3-5-8(2)9(7)6-10;;;;;/h3-5H,1-2H3;3*1H;;1H2/q;;;;+4;-1/p-3. The summed E-state index contributed by atoms with van der Waals surface area (Å²) >= 11 is 0. The Morgan fingerprint density at radius 1 is 1.20 bits per heavy atom. The third kappa shape index (κ3) is 3.10. The van der Waals surface area contributed by atoms with Crippen molar-refractivity contribution >= 4 is 34.8 Å². The summed E-state index contributed by atoms with van der Waals surface area (Å²) in [5.41, 5.74) is 1.98. The number of hydrogen-bond acceptors (Lipinski definition) is 2. The average Bonchev–Trinajstić information content (AvgIpc) is 2.00. The summed E-state index contributed by atoms with van der Waals surface area (Å²) < 4.78 is 4.96. The Balaban J connectivity index is 3.37. The minimum absolute atomic E-state index is 0.431. The number of halogens is 3. The van der Waals surface area contributed by atoms with Crippen molar-refractivity contribution in [2.75, 3.05) is 0 Å². The Morgan fingerprint density at radius 3 is 1.93 bits per heavy atom. The van der Waals surface area contributed by atoms with Crippen molar-refractivity contribution < 1.29 is 14.3 Å². The van der Waals surface area contributed by atoms with Gasteiger partial charge in [0.15, 0.2) is 0 Å². The number of carbonyl (C=O) groups is 1. The zero-order valence-corrected chi connectivity index (χ0v) is 11.8. The van der Waals surface area contributed by atoms with Crippen LogP contribution in [-0.2, 0) is 9.46 Å². The van der Waals surface area contributed by atoms with E-state index in [0.29, 0.717) is 5.56 Å². The molecule has 0 amide bonds. The van der Waals surface area contributed by atoms with Crippen LogP contribution in [0.5, 0.6) is 0 Å². The molecule has 1 rings (SSSR count). The molecule has 0 unspecified atom stereocenters. The monoisotopic (exact) mass is 306 g/mol. The number of carbonyl (C=O) groups excluding carboxylic acids is 1. The van der Waals surface area contributed by atoms with Crippen molar-refractivity contribution in [2.24, 2.45) is 4.72 Å². The van der Waals surface area contributed by atoms with E-state index in [1.807, 2.05) is 6.07 Å². The minimum atomic E-state index is -4.65. The van der Waals surface area contributed by atoms with Gasteiger partial charge in [-0.3, -0.25) is 0 Å². The summed E-state index contributed by atoms with van der Waals surface area (Å²) in [5.74, 6) is 0. The normalized spacial score (nSPS) is 14.4. The molecule has 0 heterocycles. The average molecular weight is 308 g/mol. The molecule has 85 valence electrons. The van der Waals surface area contributed by atoms with Crippen LogP contribution in [0.25, 0.3) is 0 Å². The molecule has 6 heteroatoms. The van der Waals surface area contributed by atoms with Gasteiger partial charge in [0, 0.05) is 0 Å². The Bertz CT molecular complexity index is 396. The van der Waals surface area contributed by atoms with Gasteiger partial charge >= 0.3 is 103 Å². The van der Waals surface area contributed by atoms with Crippen LogP contribution in [0.3, 0.4) is 0 Å². The quantitative estimate of drug-likeness (QED) is 0.909. The van der Waals surface area contributed by atoms with Gasteiger partial charge in [0.25, 0.3) is 0 Å². The van der Waals surface area contributed by atoms with Gasteiger partial charge in [0.05, 0.1) is 0 Å². The predicted octanol–water partition coefficient (Wildman–Crippen LogP) is 3.47. The first kappa shape index (κ1) is 13.3. The molecule has 0 aromatic heterocycles. The third-order valence-electron chi connectivity index (χ3n) is 2.00. The summed E-state index contributed by atoms with van der Waals surface area (Å²) in [6.07, 6.45) is 0. The zero-order valence-electron chi connectivity index (χ0n) is 8.26. The van der Waals surface area contributed by atoms with Crippen LogP contribution in [0.1, 0.15) is 21.5 Å². The molecule has 0 aliphatic carbocycles. The summed E-state index contributed by atoms with van der Waals surface area (Å²) in [6.45, 7) is 3.58. The molecule has 1 aromatic carbocycles. The van der Waals surface area contributed by atoms with Crippen molar-refractivity contribution in [3.63, 3.8) is 0 Å². The van der Waals surface area contributed by atoms with Gasteiger partial charge in [-0.05, 0) is 0 Å². The summed E-state index contributed by atoms with van der Waals surface area (Å²) in [6, 6.07) is 5.42. The number of nitrogens with two attached hydrogens (primary N) is 1. The number of hydrogen-bond donors (Lipinski definition) is 1. The Hall–Kier alpha value is 0.252. The molecule has 1 aromatic rings. The van der Waals surface area contributed by atoms with Gasteiger partial charge in [-0.15, -0.1) is 0 Å². The molecule has 0 fully saturated rings. The third-order valence-corrected chi connectivity index (χ3v) is 5.05. The number of rotatable bonds is 2. The Labute approximate surface area is 102 Å². The van der Waals surface area contributed by atoms with E-state index in [1.165, 1.54) is 0 Å². The SMILES string of the molecule is Cc1cccc(C)c1[C](=O)[Cr]([NH2])([Cl])([Cl])[Cl]. The number of benzene rings is 1. The van der Waals surface area contributed by atoms with Crippen LogP contribution in [-0.4, -0.2) is 4.65 Å². The van der Waals surface area contributed by atoms with Crippen LogP contribution >= 0.6 is 30.1 Å². The van der Waals surface area contributed by atoms with Crippen LogP contribution in [0.15, 0.2) is 18.2 Å². The fraction of sp³-hybridized carbons (Fsp3) is 0.222. The van der Waals surface area contributed by atoms with Crippen molar-refractivity contribution in [3.8, 4) is 0 Å². The molecule has 0 saturated carbocycles. The van der Waals surface area contributed by atoms with E-state index in [-0.39, 0.29) is 0 Å². The maximum atomic E-state index is 12.0. The van der Waals surface area contributed by atoms with E-state index in [9.17, 15) is 4.79 Å². The summed E-state index contributed by atoms with van der Waals surface area (Å²) in [4.78, 5) is 12.0. The maximum absolute atomic E-state index is 12.0. The Morgan fingerprint density at radius 2 is 1.60 bits per heavy atom. The van der Waals surface area contributed by atoms with Gasteiger partial charge < -0.3 is 0 Å². The second kappa shape index (κ2) is 3.93. The molecule has 0 aliphatic heterocycles. The molecule has 0 saturated heterocycles. The Kier molecular flexibility index (Phi) is 3.49. The van der Waals surface area contributed by atoms with Gasteiger partial charge in [0.1, 0.15) is 0 Å². The first-order valence-electron chi connectivity index (χ1n) is 4.10. The van der Waals surface area contributed by atoms with Crippen LogP contribution in [0, 0.1) is 13.8 Å². The van der Waals surface area contributed by atoms with Gasteiger partial charge in [0.2, 0.25) is 0 Å². The fourth-order valence-electron chi connectivity index (χ4n) is 1.31. The second-order valence-corrected chi connectivity index (χ2v) is 16.3. The molecule has 0 bridgehead atoms. The predicted molar refractivity (Wildman–Crippen MR) is 62.0 cm³/mol.